The maximum absolute atomic E-state index is 14.0. The van der Waals surface area contributed by atoms with Crippen molar-refractivity contribution in [2.45, 2.75) is 19.4 Å². The Kier molecular flexibility index (Phi) is 4.32. The number of rotatable bonds is 4. The predicted octanol–water partition coefficient (Wildman–Crippen LogP) is 3.82. The number of aromatic nitrogens is 3. The van der Waals surface area contributed by atoms with Crippen LogP contribution in [0, 0.1) is 18.7 Å². The molecule has 2 atom stereocenters. The predicted molar refractivity (Wildman–Crippen MR) is 93.6 cm³/mol. The van der Waals surface area contributed by atoms with Crippen LogP contribution in [0.1, 0.15) is 17.2 Å². The zero-order chi connectivity index (χ0) is 17.2. The van der Waals surface area contributed by atoms with Gasteiger partial charge in [-0.25, -0.2) is 9.37 Å². The van der Waals surface area contributed by atoms with Gasteiger partial charge in [-0.15, -0.1) is 0 Å². The molecule has 4 nitrogen and oxygen atoms in total. The molecule has 1 saturated heterocycles. The first-order chi connectivity index (χ1) is 12.2. The Bertz CT molecular complexity index is 862. The van der Waals surface area contributed by atoms with E-state index in [-0.39, 0.29) is 11.9 Å². The van der Waals surface area contributed by atoms with Gasteiger partial charge in [-0.1, -0.05) is 12.1 Å². The second kappa shape index (κ2) is 6.76. The van der Waals surface area contributed by atoms with Crippen molar-refractivity contribution in [1.82, 2.24) is 14.5 Å². The van der Waals surface area contributed by atoms with Gasteiger partial charge in [-0.05, 0) is 42.7 Å². The quantitative estimate of drug-likeness (QED) is 0.726. The summed E-state index contributed by atoms with van der Waals surface area (Å²) in [6.07, 6.45) is 8.30. The summed E-state index contributed by atoms with van der Waals surface area (Å²) in [5, 5.41) is 0. The molecule has 1 fully saturated rings. The molecule has 0 spiro atoms. The number of halogens is 1. The first kappa shape index (κ1) is 16.0. The van der Waals surface area contributed by atoms with Gasteiger partial charge in [-0.3, -0.25) is 4.98 Å². The van der Waals surface area contributed by atoms with Crippen LogP contribution in [0.25, 0.3) is 11.4 Å². The summed E-state index contributed by atoms with van der Waals surface area (Å²) in [6, 6.07) is 9.55. The van der Waals surface area contributed by atoms with E-state index in [1.165, 1.54) is 5.56 Å². The van der Waals surface area contributed by atoms with Gasteiger partial charge in [-0.2, -0.15) is 0 Å². The maximum Gasteiger partial charge on any atom is 0.140 e. The molecule has 0 bridgehead atoms. The molecule has 0 radical (unpaired) electrons. The number of hydrogen-bond donors (Lipinski definition) is 0. The average Bonchev–Trinajstić information content (AvgIpc) is 3.27. The Balaban J connectivity index is 1.63. The fourth-order valence-corrected chi connectivity index (χ4v) is 3.45. The van der Waals surface area contributed by atoms with Gasteiger partial charge < -0.3 is 9.30 Å². The highest BCUT2D eigenvalue weighted by Crippen LogP contribution is 2.32. The van der Waals surface area contributed by atoms with Crippen LogP contribution in [0.3, 0.4) is 0 Å². The highest BCUT2D eigenvalue weighted by molar-refractivity contribution is 5.56. The molecule has 1 aliphatic rings. The smallest absolute Gasteiger partial charge is 0.140 e. The van der Waals surface area contributed by atoms with E-state index in [4.69, 9.17) is 4.74 Å². The molecule has 4 rings (SSSR count). The monoisotopic (exact) mass is 337 g/mol. The zero-order valence-corrected chi connectivity index (χ0v) is 14.1. The van der Waals surface area contributed by atoms with E-state index in [9.17, 15) is 4.39 Å². The van der Waals surface area contributed by atoms with Crippen LogP contribution in [0.4, 0.5) is 4.39 Å². The van der Waals surface area contributed by atoms with Gasteiger partial charge in [0.25, 0.3) is 0 Å². The second-order valence-electron chi connectivity index (χ2n) is 6.55. The summed E-state index contributed by atoms with van der Waals surface area (Å²) in [6.45, 7) is 3.13. The Hall–Kier alpha value is -2.53. The summed E-state index contributed by atoms with van der Waals surface area (Å²) in [7, 11) is 0. The van der Waals surface area contributed by atoms with Crippen molar-refractivity contribution in [1.29, 1.82) is 0 Å². The van der Waals surface area contributed by atoms with Crippen molar-refractivity contribution in [2.24, 2.45) is 5.92 Å². The molecule has 3 heterocycles. The van der Waals surface area contributed by atoms with Crippen molar-refractivity contribution in [3.05, 3.63) is 72.1 Å². The lowest BCUT2D eigenvalue weighted by Crippen LogP contribution is -2.20. The fourth-order valence-electron chi connectivity index (χ4n) is 3.45. The number of benzene rings is 1. The molecule has 1 aliphatic heterocycles. The number of pyridine rings is 1. The van der Waals surface area contributed by atoms with Crippen molar-refractivity contribution < 1.29 is 9.13 Å². The summed E-state index contributed by atoms with van der Waals surface area (Å²) in [5.41, 5.74) is 2.68. The van der Waals surface area contributed by atoms with Crippen molar-refractivity contribution >= 4 is 0 Å². The molecule has 0 N–H and O–H groups in total. The van der Waals surface area contributed by atoms with Gasteiger partial charge >= 0.3 is 0 Å². The van der Waals surface area contributed by atoms with E-state index in [1.807, 2.05) is 36.8 Å². The molecule has 128 valence electrons. The number of imidazole rings is 1. The van der Waals surface area contributed by atoms with Gasteiger partial charge in [0.05, 0.1) is 19.3 Å². The number of nitrogens with zero attached hydrogens (tertiary/aromatic N) is 3. The molecular formula is C20H20FN3O. The molecule has 5 heteroatoms. The first-order valence-electron chi connectivity index (χ1n) is 8.48. The van der Waals surface area contributed by atoms with Crippen molar-refractivity contribution in [3.63, 3.8) is 0 Å². The Morgan fingerprint density at radius 1 is 1.16 bits per heavy atom. The lowest BCUT2D eigenvalue weighted by molar-refractivity contribution is 0.181. The number of ether oxygens (including phenoxy) is 1. The highest BCUT2D eigenvalue weighted by atomic mass is 19.1. The van der Waals surface area contributed by atoms with E-state index in [0.717, 1.165) is 17.8 Å². The maximum atomic E-state index is 14.0. The Morgan fingerprint density at radius 3 is 2.80 bits per heavy atom. The molecule has 3 aromatic rings. The normalized spacial score (nSPS) is 20.1. The Labute approximate surface area is 146 Å². The van der Waals surface area contributed by atoms with Crippen molar-refractivity contribution in [3.8, 4) is 11.4 Å². The molecule has 0 unspecified atom stereocenters. The third kappa shape index (κ3) is 3.20. The highest BCUT2D eigenvalue weighted by Gasteiger charge is 2.31. The molecule has 2 aromatic heterocycles. The van der Waals surface area contributed by atoms with Gasteiger partial charge in [0.1, 0.15) is 11.6 Å². The SMILES string of the molecule is Cc1ccc(-c2nccn2[C@@H]2COC[C@@H]2Cc2ccncc2)cc1F. The summed E-state index contributed by atoms with van der Waals surface area (Å²) >= 11 is 0. The third-order valence-corrected chi connectivity index (χ3v) is 4.87. The van der Waals surface area contributed by atoms with Crippen LogP contribution in [0.15, 0.2) is 55.1 Å². The van der Waals surface area contributed by atoms with Crippen LogP contribution >= 0.6 is 0 Å². The lowest BCUT2D eigenvalue weighted by Gasteiger charge is -2.21. The summed E-state index contributed by atoms with van der Waals surface area (Å²) in [5.74, 6) is 0.933. The average molecular weight is 337 g/mol. The topological polar surface area (TPSA) is 39.9 Å². The number of hydrogen-bond acceptors (Lipinski definition) is 3. The van der Waals surface area contributed by atoms with Crippen LogP contribution in [0.5, 0.6) is 0 Å². The fraction of sp³-hybridized carbons (Fsp3) is 0.300. The van der Waals surface area contributed by atoms with E-state index in [1.54, 1.807) is 25.3 Å². The van der Waals surface area contributed by atoms with Crippen LogP contribution < -0.4 is 0 Å². The molecule has 1 aromatic carbocycles. The number of aryl methyl sites for hydroxylation is 1. The zero-order valence-electron chi connectivity index (χ0n) is 14.1. The van der Waals surface area contributed by atoms with Gasteiger partial charge in [0.15, 0.2) is 0 Å². The Morgan fingerprint density at radius 2 is 2.00 bits per heavy atom. The third-order valence-electron chi connectivity index (χ3n) is 4.87. The van der Waals surface area contributed by atoms with Crippen LogP contribution in [-0.2, 0) is 11.2 Å². The molecule has 0 amide bonds. The summed E-state index contributed by atoms with van der Waals surface area (Å²) < 4.78 is 21.9. The molecule has 25 heavy (non-hydrogen) atoms. The van der Waals surface area contributed by atoms with Gasteiger partial charge in [0.2, 0.25) is 0 Å². The lowest BCUT2D eigenvalue weighted by atomic mass is 9.95. The van der Waals surface area contributed by atoms with Crippen LogP contribution in [0.2, 0.25) is 0 Å². The van der Waals surface area contributed by atoms with E-state index in [2.05, 4.69) is 14.5 Å². The van der Waals surface area contributed by atoms with E-state index in [0.29, 0.717) is 24.7 Å². The molecule has 0 aliphatic carbocycles. The van der Waals surface area contributed by atoms with Crippen molar-refractivity contribution in [2.75, 3.05) is 13.2 Å². The summed E-state index contributed by atoms with van der Waals surface area (Å²) in [4.78, 5) is 8.55. The molecular weight excluding hydrogens is 317 g/mol. The minimum absolute atomic E-state index is 0.190. The van der Waals surface area contributed by atoms with E-state index < -0.39 is 0 Å². The second-order valence-corrected chi connectivity index (χ2v) is 6.55. The van der Waals surface area contributed by atoms with Crippen LogP contribution in [-0.4, -0.2) is 27.7 Å². The molecule has 0 saturated carbocycles. The van der Waals surface area contributed by atoms with E-state index >= 15 is 0 Å². The minimum Gasteiger partial charge on any atom is -0.379 e. The minimum atomic E-state index is -0.206. The standard InChI is InChI=1S/C20H20FN3O/c1-14-2-3-16(11-18(14)21)20-23-8-9-24(20)19-13-25-12-17(19)10-15-4-6-22-7-5-15/h2-9,11,17,19H,10,12-13H2,1H3/t17-,19+/m0/s1. The van der Waals surface area contributed by atoms with Gasteiger partial charge in [0, 0.05) is 36.3 Å². The largest absolute Gasteiger partial charge is 0.379 e. The first-order valence-corrected chi connectivity index (χ1v) is 8.48.